The second-order valence-corrected chi connectivity index (χ2v) is 13.0. The molecule has 0 aliphatic carbocycles. The summed E-state index contributed by atoms with van der Waals surface area (Å²) < 4.78 is 24.1. The van der Waals surface area contributed by atoms with Crippen molar-refractivity contribution in [3.63, 3.8) is 0 Å². The van der Waals surface area contributed by atoms with Crippen molar-refractivity contribution in [3.05, 3.63) is 63.7 Å². The van der Waals surface area contributed by atoms with Gasteiger partial charge in [-0.05, 0) is 93.3 Å². The summed E-state index contributed by atoms with van der Waals surface area (Å²) in [5.74, 6) is 0.192. The number of carbonyl (C=O) groups excluding carboxylic acids is 1. The summed E-state index contributed by atoms with van der Waals surface area (Å²) in [6.07, 6.45) is 0.153. The predicted molar refractivity (Wildman–Crippen MR) is 134 cm³/mol. The van der Waals surface area contributed by atoms with Crippen molar-refractivity contribution in [2.24, 2.45) is 5.41 Å². The first-order chi connectivity index (χ1) is 15.1. The molecule has 0 fully saturated rings. The number of ether oxygens (including phenoxy) is 1. The maximum atomic E-state index is 13.1. The fourth-order valence-corrected chi connectivity index (χ4v) is 5.46. The largest absolute Gasteiger partial charge is 0.508 e. The monoisotopic (exact) mass is 474 g/mol. The van der Waals surface area contributed by atoms with E-state index in [0.717, 1.165) is 34.2 Å². The van der Waals surface area contributed by atoms with Crippen LogP contribution in [0.5, 0.6) is 5.75 Å². The molecule has 0 heterocycles. The first-order valence-corrected chi connectivity index (χ1v) is 13.7. The van der Waals surface area contributed by atoms with E-state index in [4.69, 9.17) is 9.26 Å². The van der Waals surface area contributed by atoms with Gasteiger partial charge >= 0.3 is 5.97 Å². The molecule has 0 saturated carbocycles. The van der Waals surface area contributed by atoms with E-state index in [1.807, 2.05) is 6.07 Å². The van der Waals surface area contributed by atoms with Crippen LogP contribution in [0.2, 0.25) is 0 Å². The summed E-state index contributed by atoms with van der Waals surface area (Å²) >= 11 is 0. The quantitative estimate of drug-likeness (QED) is 0.251. The number of esters is 1. The molecule has 0 aromatic heterocycles. The van der Waals surface area contributed by atoms with Gasteiger partial charge in [0.05, 0.1) is 5.41 Å². The van der Waals surface area contributed by atoms with Crippen LogP contribution in [0.4, 0.5) is 0 Å². The number of phenolic OH excluding ortho intramolecular Hbond substituents is 1. The zero-order valence-corrected chi connectivity index (χ0v) is 22.4. The number of benzene rings is 2. The van der Waals surface area contributed by atoms with Gasteiger partial charge in [0, 0.05) is 12.8 Å². The molecule has 5 nitrogen and oxygen atoms in total. The average molecular weight is 475 g/mol. The first kappa shape index (κ1) is 27.1. The van der Waals surface area contributed by atoms with Crippen LogP contribution in [-0.4, -0.2) is 24.0 Å². The lowest BCUT2D eigenvalue weighted by Gasteiger charge is -2.24. The molecular formula is C27H39O5P. The topological polar surface area (TPSA) is 72.8 Å². The number of hydrogen-bond donors (Lipinski definition) is 1. The third kappa shape index (κ3) is 7.72. The van der Waals surface area contributed by atoms with Crippen molar-refractivity contribution in [1.29, 1.82) is 0 Å². The second-order valence-electron chi connectivity index (χ2n) is 10.4. The molecule has 0 aliphatic heterocycles. The van der Waals surface area contributed by atoms with Gasteiger partial charge in [0.1, 0.15) is 5.75 Å². The van der Waals surface area contributed by atoms with Crippen LogP contribution >= 0.6 is 7.37 Å². The molecule has 6 heteroatoms. The van der Waals surface area contributed by atoms with Crippen molar-refractivity contribution in [3.8, 4) is 5.75 Å². The molecule has 0 saturated heterocycles. The minimum atomic E-state index is -3.03. The van der Waals surface area contributed by atoms with Gasteiger partial charge in [-0.2, -0.15) is 0 Å². The van der Waals surface area contributed by atoms with Gasteiger partial charge in [-0.3, -0.25) is 13.9 Å². The van der Waals surface area contributed by atoms with E-state index in [-0.39, 0.29) is 18.0 Å². The highest BCUT2D eigenvalue weighted by Gasteiger charge is 2.28. The summed E-state index contributed by atoms with van der Waals surface area (Å²) in [5.41, 5.74) is 5.85. The molecule has 0 aliphatic rings. The molecule has 2 aromatic carbocycles. The fourth-order valence-electron chi connectivity index (χ4n) is 3.87. The Morgan fingerprint density at radius 1 is 1.03 bits per heavy atom. The summed E-state index contributed by atoms with van der Waals surface area (Å²) in [7, 11) is -3.03. The van der Waals surface area contributed by atoms with Crippen LogP contribution in [0.25, 0.3) is 0 Å². The van der Waals surface area contributed by atoms with E-state index < -0.39 is 19.1 Å². The van der Waals surface area contributed by atoms with Crippen molar-refractivity contribution in [1.82, 2.24) is 0 Å². The lowest BCUT2D eigenvalue weighted by atomic mass is 9.92. The van der Waals surface area contributed by atoms with Crippen LogP contribution in [0.15, 0.2) is 30.3 Å². The molecule has 2 aromatic rings. The summed E-state index contributed by atoms with van der Waals surface area (Å²) in [6.45, 7) is 16.7. The predicted octanol–water partition coefficient (Wildman–Crippen LogP) is 7.08. The van der Waals surface area contributed by atoms with E-state index in [1.165, 1.54) is 5.56 Å². The second kappa shape index (κ2) is 10.4. The number of carbonyl (C=O) groups is 1. The molecule has 2 atom stereocenters. The Morgan fingerprint density at radius 3 is 2.12 bits per heavy atom. The highest BCUT2D eigenvalue weighted by molar-refractivity contribution is 7.57. The van der Waals surface area contributed by atoms with Gasteiger partial charge in [-0.25, -0.2) is 0 Å². The maximum Gasteiger partial charge on any atom is 0.313 e. The molecule has 0 radical (unpaired) electrons. The summed E-state index contributed by atoms with van der Waals surface area (Å²) in [6, 6.07) is 9.90. The molecule has 2 unspecified atom stereocenters. The van der Waals surface area contributed by atoms with Gasteiger partial charge in [0.15, 0.2) is 0 Å². The van der Waals surface area contributed by atoms with Crippen LogP contribution < -0.4 is 0 Å². The summed E-state index contributed by atoms with van der Waals surface area (Å²) in [5, 5.41) is 10.1. The lowest BCUT2D eigenvalue weighted by molar-refractivity contribution is -0.170. The van der Waals surface area contributed by atoms with Crippen molar-refractivity contribution in [2.75, 3.05) is 6.66 Å². The molecule has 33 heavy (non-hydrogen) atoms. The number of hydrogen-bond acceptors (Lipinski definition) is 5. The molecular weight excluding hydrogens is 435 g/mol. The van der Waals surface area contributed by atoms with Crippen molar-refractivity contribution in [2.45, 2.75) is 80.2 Å². The number of rotatable bonds is 8. The summed E-state index contributed by atoms with van der Waals surface area (Å²) in [4.78, 5) is 12.1. The highest BCUT2D eigenvalue weighted by Crippen LogP contribution is 2.48. The van der Waals surface area contributed by atoms with Gasteiger partial charge in [-0.1, -0.05) is 38.1 Å². The average Bonchev–Trinajstić information content (AvgIpc) is 2.63. The maximum absolute atomic E-state index is 13.1. The zero-order valence-electron chi connectivity index (χ0n) is 21.5. The van der Waals surface area contributed by atoms with Gasteiger partial charge in [0.25, 0.3) is 0 Å². The smallest absolute Gasteiger partial charge is 0.313 e. The van der Waals surface area contributed by atoms with Gasteiger partial charge in [0.2, 0.25) is 13.7 Å². The molecule has 2 rings (SSSR count). The highest BCUT2D eigenvalue weighted by atomic mass is 31.2. The van der Waals surface area contributed by atoms with E-state index >= 15 is 0 Å². The van der Waals surface area contributed by atoms with Crippen LogP contribution in [0, 0.1) is 19.3 Å². The standard InChI is InChI=1S/C27H39O5P/c1-17(2)23-14-21(10-11-25(23)28)15-24-18(3)12-22(13-19(24)4)16-33(9,30)32-20(5)31-26(29)27(6,7)8/h10-14,17,20,28H,15-16H2,1-9H3. The normalized spacial score (nSPS) is 14.7. The van der Waals surface area contributed by atoms with Crippen molar-refractivity contribution < 1.29 is 23.7 Å². The van der Waals surface area contributed by atoms with Gasteiger partial charge in [-0.15, -0.1) is 0 Å². The third-order valence-corrected chi connectivity index (χ3v) is 7.26. The molecule has 0 amide bonds. The van der Waals surface area contributed by atoms with Crippen LogP contribution in [-0.2, 0) is 31.2 Å². The SMILES string of the molecule is Cc1cc(CP(C)(=O)OC(C)OC(=O)C(C)(C)C)cc(C)c1Cc1ccc(O)c(C(C)C)c1. The fraction of sp³-hybridized carbons (Fsp3) is 0.519. The Morgan fingerprint density at radius 2 is 1.61 bits per heavy atom. The Balaban J connectivity index is 2.15. The Hall–Kier alpha value is -2.10. The number of phenols is 1. The first-order valence-electron chi connectivity index (χ1n) is 11.5. The van der Waals surface area contributed by atoms with E-state index in [0.29, 0.717) is 5.75 Å². The van der Waals surface area contributed by atoms with Crippen molar-refractivity contribution >= 4 is 13.3 Å². The minimum Gasteiger partial charge on any atom is -0.508 e. The van der Waals surface area contributed by atoms with Crippen LogP contribution in [0.3, 0.4) is 0 Å². The zero-order chi connectivity index (χ0) is 25.1. The Kier molecular flexibility index (Phi) is 8.59. The van der Waals surface area contributed by atoms with E-state index in [2.05, 4.69) is 45.9 Å². The van der Waals surface area contributed by atoms with E-state index in [9.17, 15) is 14.5 Å². The Labute approximate surface area is 199 Å². The molecule has 0 spiro atoms. The lowest BCUT2D eigenvalue weighted by Crippen LogP contribution is -2.27. The minimum absolute atomic E-state index is 0.248. The molecule has 182 valence electrons. The third-order valence-electron chi connectivity index (χ3n) is 5.58. The molecule has 1 N–H and O–H groups in total. The van der Waals surface area contributed by atoms with Crippen LogP contribution in [0.1, 0.15) is 80.8 Å². The molecule has 0 bridgehead atoms. The number of aromatic hydroxyl groups is 1. The number of aryl methyl sites for hydroxylation is 2. The van der Waals surface area contributed by atoms with E-state index in [1.54, 1.807) is 40.4 Å². The van der Waals surface area contributed by atoms with Gasteiger partial charge < -0.3 is 9.84 Å². The Bertz CT molecular complexity index is 1030.